The summed E-state index contributed by atoms with van der Waals surface area (Å²) in [5.41, 5.74) is 1.32. The number of hydrogen-bond donors (Lipinski definition) is 0. The molecule has 94 valence electrons. The van der Waals surface area contributed by atoms with Crippen molar-refractivity contribution in [2.75, 3.05) is 13.2 Å². The minimum Gasteiger partial charge on any atom is -0.425 e. The van der Waals surface area contributed by atoms with Gasteiger partial charge < -0.3 is 9.47 Å². The van der Waals surface area contributed by atoms with Crippen LogP contribution in [0.4, 0.5) is 0 Å². The van der Waals surface area contributed by atoms with E-state index in [-0.39, 0.29) is 18.0 Å². The Kier molecular flexibility index (Phi) is 4.70. The largest absolute Gasteiger partial charge is 0.425 e. The van der Waals surface area contributed by atoms with E-state index in [0.29, 0.717) is 12.4 Å². The molecular formula is C14H20O3. The molecule has 0 radical (unpaired) electrons. The van der Waals surface area contributed by atoms with Crippen molar-refractivity contribution in [1.82, 2.24) is 0 Å². The summed E-state index contributed by atoms with van der Waals surface area (Å²) < 4.78 is 10.1. The van der Waals surface area contributed by atoms with Gasteiger partial charge in [0.2, 0.25) is 0 Å². The first-order chi connectivity index (χ1) is 7.93. The van der Waals surface area contributed by atoms with E-state index in [1.807, 2.05) is 31.2 Å². The van der Waals surface area contributed by atoms with Crippen molar-refractivity contribution < 1.29 is 14.3 Å². The van der Waals surface area contributed by atoms with E-state index >= 15 is 0 Å². The first kappa shape index (κ1) is 13.7. The van der Waals surface area contributed by atoms with Crippen LogP contribution in [0.3, 0.4) is 0 Å². The molecule has 0 fully saturated rings. The van der Waals surface area contributed by atoms with Crippen molar-refractivity contribution in [1.29, 1.82) is 0 Å². The molecule has 0 heterocycles. The van der Waals surface area contributed by atoms with Crippen LogP contribution in [0.2, 0.25) is 0 Å². The van der Waals surface area contributed by atoms with Gasteiger partial charge in [-0.1, -0.05) is 32.9 Å². The van der Waals surface area contributed by atoms with Crippen LogP contribution < -0.4 is 4.74 Å². The van der Waals surface area contributed by atoms with E-state index in [1.165, 1.54) is 5.56 Å². The number of esters is 1. The molecule has 0 bridgehead atoms. The SMILES string of the molecule is CCOCC(=O)Oc1ccc(C(C)(C)C)cc1. The maximum atomic E-state index is 11.3. The van der Waals surface area contributed by atoms with Crippen LogP contribution in [0.1, 0.15) is 33.3 Å². The summed E-state index contributed by atoms with van der Waals surface area (Å²) in [5.74, 6) is 0.193. The van der Waals surface area contributed by atoms with Gasteiger partial charge in [-0.15, -0.1) is 0 Å². The highest BCUT2D eigenvalue weighted by atomic mass is 16.6. The lowest BCUT2D eigenvalue weighted by Gasteiger charge is -2.18. The quantitative estimate of drug-likeness (QED) is 0.595. The summed E-state index contributed by atoms with van der Waals surface area (Å²) in [6, 6.07) is 7.57. The summed E-state index contributed by atoms with van der Waals surface area (Å²) in [6.07, 6.45) is 0. The molecule has 0 saturated heterocycles. The summed E-state index contributed by atoms with van der Waals surface area (Å²) >= 11 is 0. The van der Waals surface area contributed by atoms with Crippen LogP contribution in [0.5, 0.6) is 5.75 Å². The van der Waals surface area contributed by atoms with Crippen LogP contribution in [0.15, 0.2) is 24.3 Å². The zero-order valence-corrected chi connectivity index (χ0v) is 10.9. The minimum atomic E-state index is -0.365. The highest BCUT2D eigenvalue weighted by Gasteiger charge is 2.13. The van der Waals surface area contributed by atoms with Gasteiger partial charge in [0.05, 0.1) is 0 Å². The van der Waals surface area contributed by atoms with Gasteiger partial charge in [-0.2, -0.15) is 0 Å². The molecule has 0 aromatic heterocycles. The molecular weight excluding hydrogens is 216 g/mol. The Morgan fingerprint density at radius 1 is 1.18 bits per heavy atom. The van der Waals surface area contributed by atoms with E-state index < -0.39 is 0 Å². The van der Waals surface area contributed by atoms with E-state index in [2.05, 4.69) is 20.8 Å². The third-order valence-corrected chi connectivity index (χ3v) is 2.38. The van der Waals surface area contributed by atoms with Crippen LogP contribution in [0, 0.1) is 0 Å². The second-order valence-corrected chi connectivity index (χ2v) is 4.89. The van der Waals surface area contributed by atoms with E-state index in [9.17, 15) is 4.79 Å². The predicted octanol–water partition coefficient (Wildman–Crippen LogP) is 2.93. The Labute approximate surface area is 103 Å². The maximum absolute atomic E-state index is 11.3. The first-order valence-corrected chi connectivity index (χ1v) is 5.82. The molecule has 0 amide bonds. The standard InChI is InChI=1S/C14H20O3/c1-5-16-10-13(15)17-12-8-6-11(7-9-12)14(2,3)4/h6-9H,5,10H2,1-4H3. The zero-order chi connectivity index (χ0) is 12.9. The van der Waals surface area contributed by atoms with Gasteiger partial charge in [-0.3, -0.25) is 0 Å². The number of benzene rings is 1. The molecule has 1 rings (SSSR count). The molecule has 0 aliphatic carbocycles. The Bertz CT molecular complexity index is 360. The van der Waals surface area contributed by atoms with Crippen molar-refractivity contribution in [3.8, 4) is 5.75 Å². The fourth-order valence-electron chi connectivity index (χ4n) is 1.37. The molecule has 0 aliphatic heterocycles. The molecule has 0 saturated carbocycles. The van der Waals surface area contributed by atoms with E-state index in [1.54, 1.807) is 0 Å². The number of hydrogen-bond acceptors (Lipinski definition) is 3. The van der Waals surface area contributed by atoms with Gasteiger partial charge in [-0.05, 0) is 30.0 Å². The zero-order valence-electron chi connectivity index (χ0n) is 10.9. The van der Waals surface area contributed by atoms with E-state index in [0.717, 1.165) is 0 Å². The average Bonchev–Trinajstić information content (AvgIpc) is 2.26. The second-order valence-electron chi connectivity index (χ2n) is 4.89. The molecule has 0 N–H and O–H groups in total. The topological polar surface area (TPSA) is 35.5 Å². The Morgan fingerprint density at radius 3 is 2.24 bits per heavy atom. The van der Waals surface area contributed by atoms with Gasteiger partial charge in [0.15, 0.2) is 0 Å². The molecule has 0 aliphatic rings. The molecule has 17 heavy (non-hydrogen) atoms. The van der Waals surface area contributed by atoms with Crippen LogP contribution in [-0.4, -0.2) is 19.2 Å². The monoisotopic (exact) mass is 236 g/mol. The molecule has 0 atom stereocenters. The number of ether oxygens (including phenoxy) is 2. The first-order valence-electron chi connectivity index (χ1n) is 5.82. The van der Waals surface area contributed by atoms with Crippen LogP contribution >= 0.6 is 0 Å². The highest BCUT2D eigenvalue weighted by Crippen LogP contribution is 2.24. The lowest BCUT2D eigenvalue weighted by Crippen LogP contribution is -2.16. The van der Waals surface area contributed by atoms with Crippen LogP contribution in [-0.2, 0) is 14.9 Å². The molecule has 3 heteroatoms. The number of rotatable bonds is 4. The second kappa shape index (κ2) is 5.82. The molecule has 0 unspecified atom stereocenters. The summed E-state index contributed by atoms with van der Waals surface area (Å²) in [4.78, 5) is 11.3. The minimum absolute atomic E-state index is 0.00246. The van der Waals surface area contributed by atoms with Gasteiger partial charge in [0.25, 0.3) is 0 Å². The fraction of sp³-hybridized carbons (Fsp3) is 0.500. The Balaban J connectivity index is 2.60. The van der Waals surface area contributed by atoms with Crippen molar-refractivity contribution >= 4 is 5.97 Å². The lowest BCUT2D eigenvalue weighted by atomic mass is 9.87. The third kappa shape index (κ3) is 4.57. The van der Waals surface area contributed by atoms with Crippen molar-refractivity contribution in [2.45, 2.75) is 33.1 Å². The molecule has 1 aromatic carbocycles. The highest BCUT2D eigenvalue weighted by molar-refractivity contribution is 5.73. The van der Waals surface area contributed by atoms with Crippen molar-refractivity contribution in [3.05, 3.63) is 29.8 Å². The van der Waals surface area contributed by atoms with Gasteiger partial charge in [-0.25, -0.2) is 4.79 Å². The van der Waals surface area contributed by atoms with Crippen LogP contribution in [0.25, 0.3) is 0 Å². The van der Waals surface area contributed by atoms with Crippen molar-refractivity contribution in [3.63, 3.8) is 0 Å². The molecule has 1 aromatic rings. The normalized spacial score (nSPS) is 11.3. The lowest BCUT2D eigenvalue weighted by molar-refractivity contribution is -0.139. The fourth-order valence-corrected chi connectivity index (χ4v) is 1.37. The average molecular weight is 236 g/mol. The number of carbonyl (C=O) groups is 1. The van der Waals surface area contributed by atoms with Gasteiger partial charge >= 0.3 is 5.97 Å². The Hall–Kier alpha value is -1.35. The molecule has 0 spiro atoms. The number of carbonyl (C=O) groups excluding carboxylic acids is 1. The van der Waals surface area contributed by atoms with Crippen molar-refractivity contribution in [2.24, 2.45) is 0 Å². The Morgan fingerprint density at radius 2 is 1.76 bits per heavy atom. The smallest absolute Gasteiger partial charge is 0.337 e. The van der Waals surface area contributed by atoms with Gasteiger partial charge in [0, 0.05) is 6.61 Å². The maximum Gasteiger partial charge on any atom is 0.337 e. The summed E-state index contributed by atoms with van der Waals surface area (Å²) in [5, 5.41) is 0. The van der Waals surface area contributed by atoms with E-state index in [4.69, 9.17) is 9.47 Å². The van der Waals surface area contributed by atoms with Gasteiger partial charge in [0.1, 0.15) is 12.4 Å². The third-order valence-electron chi connectivity index (χ3n) is 2.38. The summed E-state index contributed by atoms with van der Waals surface area (Å²) in [7, 11) is 0. The summed E-state index contributed by atoms with van der Waals surface area (Å²) in [6.45, 7) is 8.77. The predicted molar refractivity (Wildman–Crippen MR) is 67.3 cm³/mol. The molecule has 3 nitrogen and oxygen atoms in total.